The molecule has 1 aromatic heterocycles. The molecular weight excluding hydrogens is 332 g/mol. The highest BCUT2D eigenvalue weighted by Gasteiger charge is 2.18. The van der Waals surface area contributed by atoms with Gasteiger partial charge in [0.1, 0.15) is 12.0 Å². The number of phenolic OH excluding ortho intramolecular Hbond substituents is 2. The lowest BCUT2D eigenvalue weighted by Crippen LogP contribution is -2.05. The van der Waals surface area contributed by atoms with E-state index in [1.54, 1.807) is 37.4 Å². The first-order valence-electron chi connectivity index (χ1n) is 8.19. The van der Waals surface area contributed by atoms with Gasteiger partial charge in [-0.3, -0.25) is 4.79 Å². The Balaban J connectivity index is 2.19. The van der Waals surface area contributed by atoms with Gasteiger partial charge >= 0.3 is 0 Å². The smallest absolute Gasteiger partial charge is 0.202 e. The molecule has 0 fully saturated rings. The minimum atomic E-state index is -0.418. The second kappa shape index (κ2) is 6.96. The molecule has 5 heteroatoms. The molecule has 0 amide bonds. The Kier molecular flexibility index (Phi) is 4.71. The lowest BCUT2D eigenvalue weighted by Gasteiger charge is -2.09. The van der Waals surface area contributed by atoms with Crippen molar-refractivity contribution in [1.29, 1.82) is 0 Å². The number of hydrogen-bond acceptors (Lipinski definition) is 5. The van der Waals surface area contributed by atoms with Crippen LogP contribution in [0.4, 0.5) is 0 Å². The fourth-order valence-electron chi connectivity index (χ4n) is 2.74. The largest absolute Gasteiger partial charge is 0.504 e. The number of hydrogen-bond donors (Lipinski definition) is 2. The summed E-state index contributed by atoms with van der Waals surface area (Å²) >= 11 is 0. The molecule has 134 valence electrons. The molecule has 1 heterocycles. The molecule has 0 atom stereocenters. The summed E-state index contributed by atoms with van der Waals surface area (Å²) < 4.78 is 10.6. The van der Waals surface area contributed by atoms with Crippen LogP contribution in [0.15, 0.2) is 57.5 Å². The lowest BCUT2D eigenvalue weighted by molar-refractivity contribution is 0.396. The summed E-state index contributed by atoms with van der Waals surface area (Å²) in [5, 5.41) is 20.7. The number of benzene rings is 2. The van der Waals surface area contributed by atoms with E-state index in [0.29, 0.717) is 28.9 Å². The Labute approximate surface area is 150 Å². The van der Waals surface area contributed by atoms with Gasteiger partial charge in [0.2, 0.25) is 11.2 Å². The van der Waals surface area contributed by atoms with Crippen molar-refractivity contribution in [3.8, 4) is 28.4 Å². The van der Waals surface area contributed by atoms with Crippen LogP contribution in [-0.4, -0.2) is 17.3 Å². The Morgan fingerprint density at radius 2 is 1.85 bits per heavy atom. The van der Waals surface area contributed by atoms with Crippen LogP contribution in [0.1, 0.15) is 19.4 Å². The number of allylic oxidation sites excluding steroid dienone is 2. The van der Waals surface area contributed by atoms with Crippen LogP contribution in [0.25, 0.3) is 22.1 Å². The van der Waals surface area contributed by atoms with E-state index in [9.17, 15) is 15.0 Å². The maximum Gasteiger partial charge on any atom is 0.202 e. The first kappa shape index (κ1) is 17.6. The maximum atomic E-state index is 12.9. The molecule has 0 radical (unpaired) electrons. The topological polar surface area (TPSA) is 79.9 Å². The summed E-state index contributed by atoms with van der Waals surface area (Å²) in [6.45, 7) is 3.88. The van der Waals surface area contributed by atoms with Gasteiger partial charge < -0.3 is 19.4 Å². The molecule has 26 heavy (non-hydrogen) atoms. The first-order valence-corrected chi connectivity index (χ1v) is 8.19. The maximum absolute atomic E-state index is 12.9. The van der Waals surface area contributed by atoms with Gasteiger partial charge in [-0.15, -0.1) is 0 Å². The molecule has 0 saturated heterocycles. The van der Waals surface area contributed by atoms with Crippen molar-refractivity contribution in [2.45, 2.75) is 20.3 Å². The third kappa shape index (κ3) is 3.16. The second-order valence-electron chi connectivity index (χ2n) is 6.30. The molecule has 2 N–H and O–H groups in total. The van der Waals surface area contributed by atoms with E-state index < -0.39 is 5.75 Å². The van der Waals surface area contributed by atoms with Crippen LogP contribution in [0.5, 0.6) is 17.2 Å². The lowest BCUT2D eigenvalue weighted by atomic mass is 10.0. The zero-order valence-electron chi connectivity index (χ0n) is 14.9. The van der Waals surface area contributed by atoms with Gasteiger partial charge in [-0.25, -0.2) is 0 Å². The predicted molar refractivity (Wildman–Crippen MR) is 101 cm³/mol. The Hall–Kier alpha value is -3.21. The number of rotatable bonds is 4. The van der Waals surface area contributed by atoms with Gasteiger partial charge in [0.15, 0.2) is 11.3 Å². The molecular formula is C21H20O5. The standard InChI is InChI=1S/C21H20O5/c1-12(2)4-5-14-10-16-19(23)17(11-26-21(16)20(24)18(14)22)13-6-8-15(25-3)9-7-13/h4,6-11,22,24H,5H2,1-3H3. The average Bonchev–Trinajstić information content (AvgIpc) is 2.64. The minimum Gasteiger partial charge on any atom is -0.504 e. The molecule has 5 nitrogen and oxygen atoms in total. The van der Waals surface area contributed by atoms with Crippen LogP contribution >= 0.6 is 0 Å². The fraction of sp³-hybridized carbons (Fsp3) is 0.190. The number of fused-ring (bicyclic) bond motifs is 1. The van der Waals surface area contributed by atoms with E-state index in [4.69, 9.17) is 9.15 Å². The van der Waals surface area contributed by atoms with E-state index in [2.05, 4.69) is 0 Å². The van der Waals surface area contributed by atoms with Crippen molar-refractivity contribution < 1.29 is 19.4 Å². The number of methoxy groups -OCH3 is 1. The molecule has 0 bridgehead atoms. The van der Waals surface area contributed by atoms with Gasteiger partial charge in [0.05, 0.1) is 18.1 Å². The van der Waals surface area contributed by atoms with E-state index in [-0.39, 0.29) is 22.1 Å². The highest BCUT2D eigenvalue weighted by Crippen LogP contribution is 2.37. The van der Waals surface area contributed by atoms with Crippen molar-refractivity contribution in [1.82, 2.24) is 0 Å². The molecule has 3 rings (SSSR count). The summed E-state index contributed by atoms with van der Waals surface area (Å²) in [7, 11) is 1.57. The highest BCUT2D eigenvalue weighted by atomic mass is 16.5. The quantitative estimate of drug-likeness (QED) is 0.538. The zero-order valence-corrected chi connectivity index (χ0v) is 14.9. The van der Waals surface area contributed by atoms with E-state index in [1.807, 2.05) is 19.9 Å². The molecule has 3 aromatic rings. The van der Waals surface area contributed by atoms with E-state index in [0.717, 1.165) is 5.57 Å². The van der Waals surface area contributed by atoms with Crippen LogP contribution in [-0.2, 0) is 6.42 Å². The summed E-state index contributed by atoms with van der Waals surface area (Å²) in [4.78, 5) is 12.9. The monoisotopic (exact) mass is 352 g/mol. The summed E-state index contributed by atoms with van der Waals surface area (Å²) in [5.74, 6) is -0.00103. The van der Waals surface area contributed by atoms with Crippen molar-refractivity contribution >= 4 is 11.0 Å². The van der Waals surface area contributed by atoms with Crippen LogP contribution in [0, 0.1) is 0 Å². The number of phenols is 2. The third-order valence-corrected chi connectivity index (χ3v) is 4.22. The first-order chi connectivity index (χ1) is 12.4. The average molecular weight is 352 g/mol. The summed E-state index contributed by atoms with van der Waals surface area (Å²) in [6, 6.07) is 8.62. The van der Waals surface area contributed by atoms with E-state index in [1.165, 1.54) is 6.26 Å². The number of aromatic hydroxyl groups is 2. The fourth-order valence-corrected chi connectivity index (χ4v) is 2.74. The SMILES string of the molecule is COc1ccc(-c2coc3c(O)c(O)c(CC=C(C)C)cc3c2=O)cc1. The van der Waals surface area contributed by atoms with Gasteiger partial charge in [-0.2, -0.15) is 0 Å². The van der Waals surface area contributed by atoms with Gasteiger partial charge in [-0.05, 0) is 44.0 Å². The molecule has 0 spiro atoms. The molecule has 0 saturated carbocycles. The number of ether oxygens (including phenoxy) is 1. The molecule has 0 unspecified atom stereocenters. The van der Waals surface area contributed by atoms with Crippen molar-refractivity contribution in [2.75, 3.05) is 7.11 Å². The molecule has 0 aliphatic rings. The Bertz CT molecular complexity index is 1040. The highest BCUT2D eigenvalue weighted by molar-refractivity contribution is 5.89. The van der Waals surface area contributed by atoms with Crippen LogP contribution < -0.4 is 10.2 Å². The molecule has 2 aromatic carbocycles. The van der Waals surface area contributed by atoms with Crippen LogP contribution in [0.2, 0.25) is 0 Å². The van der Waals surface area contributed by atoms with Crippen molar-refractivity contribution in [3.63, 3.8) is 0 Å². The van der Waals surface area contributed by atoms with Gasteiger partial charge in [0, 0.05) is 5.56 Å². The normalized spacial score (nSPS) is 10.7. The minimum absolute atomic E-state index is 0.0225. The summed E-state index contributed by atoms with van der Waals surface area (Å²) in [6.07, 6.45) is 3.61. The summed E-state index contributed by atoms with van der Waals surface area (Å²) in [5.41, 5.74) is 2.30. The zero-order chi connectivity index (χ0) is 18.8. The molecule has 0 aliphatic carbocycles. The van der Waals surface area contributed by atoms with Crippen molar-refractivity contribution in [3.05, 3.63) is 64.0 Å². The Morgan fingerprint density at radius 3 is 2.46 bits per heavy atom. The predicted octanol–water partition coefficient (Wildman–Crippen LogP) is 4.39. The van der Waals surface area contributed by atoms with Gasteiger partial charge in [-0.1, -0.05) is 23.8 Å². The Morgan fingerprint density at radius 1 is 1.15 bits per heavy atom. The van der Waals surface area contributed by atoms with Gasteiger partial charge in [0.25, 0.3) is 0 Å². The molecule has 0 aliphatic heterocycles. The second-order valence-corrected chi connectivity index (χ2v) is 6.30. The van der Waals surface area contributed by atoms with E-state index >= 15 is 0 Å². The van der Waals surface area contributed by atoms with Crippen LogP contribution in [0.3, 0.4) is 0 Å². The van der Waals surface area contributed by atoms with Crippen molar-refractivity contribution in [2.24, 2.45) is 0 Å². The third-order valence-electron chi connectivity index (χ3n) is 4.22.